The average Bonchev–Trinajstić information content (AvgIpc) is 3.14. The zero-order chi connectivity index (χ0) is 17.9. The number of ether oxygens (including phenoxy) is 1. The molecule has 25 heavy (non-hydrogen) atoms. The summed E-state index contributed by atoms with van der Waals surface area (Å²) >= 11 is 0. The zero-order valence-electron chi connectivity index (χ0n) is 15.3. The molecule has 1 aromatic heterocycles. The van der Waals surface area contributed by atoms with E-state index in [-0.39, 0.29) is 0 Å². The fourth-order valence-electron chi connectivity index (χ4n) is 2.30. The SMILES string of the molecule is CN=C(NCCCOCc1ccco1)NCc1cccc(N(C)C)c1. The molecule has 6 nitrogen and oxygen atoms in total. The molecule has 0 bridgehead atoms. The first-order valence-corrected chi connectivity index (χ1v) is 8.50. The molecule has 0 saturated heterocycles. The predicted octanol–water partition coefficient (Wildman–Crippen LogP) is 2.62. The highest BCUT2D eigenvalue weighted by Crippen LogP contribution is 2.13. The zero-order valence-corrected chi connectivity index (χ0v) is 15.3. The third-order valence-corrected chi connectivity index (χ3v) is 3.69. The van der Waals surface area contributed by atoms with Crippen LogP contribution >= 0.6 is 0 Å². The lowest BCUT2D eigenvalue weighted by Gasteiger charge is -2.15. The van der Waals surface area contributed by atoms with E-state index in [1.54, 1.807) is 13.3 Å². The van der Waals surface area contributed by atoms with Gasteiger partial charge in [-0.25, -0.2) is 0 Å². The Hall–Kier alpha value is -2.47. The molecular weight excluding hydrogens is 316 g/mol. The lowest BCUT2D eigenvalue weighted by molar-refractivity contribution is 0.105. The van der Waals surface area contributed by atoms with Crippen LogP contribution in [0, 0.1) is 0 Å². The standard InChI is InChI=1S/C19H28N4O2/c1-20-19(21-10-6-11-24-15-18-9-5-12-25-18)22-14-16-7-4-8-17(13-16)23(2)3/h4-5,7-9,12-13H,6,10-11,14-15H2,1-3H3,(H2,20,21,22). The first kappa shape index (κ1) is 18.9. The highest BCUT2D eigenvalue weighted by atomic mass is 16.5. The average molecular weight is 344 g/mol. The Morgan fingerprint density at radius 3 is 2.80 bits per heavy atom. The fourth-order valence-corrected chi connectivity index (χ4v) is 2.30. The molecule has 136 valence electrons. The second kappa shape index (κ2) is 10.4. The van der Waals surface area contributed by atoms with E-state index in [2.05, 4.69) is 44.8 Å². The van der Waals surface area contributed by atoms with Crippen LogP contribution in [0.5, 0.6) is 0 Å². The second-order valence-corrected chi connectivity index (χ2v) is 5.90. The lowest BCUT2D eigenvalue weighted by Crippen LogP contribution is -2.37. The van der Waals surface area contributed by atoms with Crippen LogP contribution in [0.1, 0.15) is 17.7 Å². The van der Waals surface area contributed by atoms with Crippen molar-refractivity contribution in [1.82, 2.24) is 10.6 Å². The Morgan fingerprint density at radius 2 is 2.08 bits per heavy atom. The molecule has 0 radical (unpaired) electrons. The van der Waals surface area contributed by atoms with Crippen LogP contribution in [0.4, 0.5) is 5.69 Å². The summed E-state index contributed by atoms with van der Waals surface area (Å²) in [5, 5.41) is 6.63. The van der Waals surface area contributed by atoms with Crippen molar-refractivity contribution in [3.63, 3.8) is 0 Å². The number of nitrogens with zero attached hydrogens (tertiary/aromatic N) is 2. The van der Waals surface area contributed by atoms with Crippen molar-refractivity contribution >= 4 is 11.6 Å². The van der Waals surface area contributed by atoms with Crippen LogP contribution in [-0.4, -0.2) is 40.3 Å². The van der Waals surface area contributed by atoms with E-state index in [0.717, 1.165) is 31.2 Å². The number of hydrogen-bond donors (Lipinski definition) is 2. The molecular formula is C19H28N4O2. The van der Waals surface area contributed by atoms with Gasteiger partial charge in [-0.3, -0.25) is 4.99 Å². The number of aliphatic imine (C=N–C) groups is 1. The molecule has 0 atom stereocenters. The fraction of sp³-hybridized carbons (Fsp3) is 0.421. The molecule has 0 aliphatic carbocycles. The number of furan rings is 1. The number of benzene rings is 1. The number of anilines is 1. The van der Waals surface area contributed by atoms with Gasteiger partial charge in [0.1, 0.15) is 12.4 Å². The van der Waals surface area contributed by atoms with Crippen LogP contribution in [0.3, 0.4) is 0 Å². The quantitative estimate of drug-likeness (QED) is 0.416. The molecule has 0 aliphatic heterocycles. The van der Waals surface area contributed by atoms with E-state index in [9.17, 15) is 0 Å². The maximum absolute atomic E-state index is 5.56. The largest absolute Gasteiger partial charge is 0.467 e. The van der Waals surface area contributed by atoms with Gasteiger partial charge in [0.25, 0.3) is 0 Å². The summed E-state index contributed by atoms with van der Waals surface area (Å²) in [6.45, 7) is 2.73. The van der Waals surface area contributed by atoms with Crippen LogP contribution in [0.15, 0.2) is 52.1 Å². The van der Waals surface area contributed by atoms with Gasteiger partial charge in [-0.05, 0) is 36.2 Å². The van der Waals surface area contributed by atoms with Crippen molar-refractivity contribution in [3.8, 4) is 0 Å². The Balaban J connectivity index is 1.62. The van der Waals surface area contributed by atoms with E-state index in [1.165, 1.54) is 11.3 Å². The van der Waals surface area contributed by atoms with Crippen LogP contribution in [0.25, 0.3) is 0 Å². The minimum Gasteiger partial charge on any atom is -0.467 e. The maximum Gasteiger partial charge on any atom is 0.191 e. The van der Waals surface area contributed by atoms with E-state index in [0.29, 0.717) is 13.2 Å². The van der Waals surface area contributed by atoms with Gasteiger partial charge in [0.05, 0.1) is 6.26 Å². The molecule has 2 aromatic rings. The molecule has 1 aromatic carbocycles. The Morgan fingerprint density at radius 1 is 1.20 bits per heavy atom. The number of rotatable bonds is 9. The van der Waals surface area contributed by atoms with Crippen molar-refractivity contribution in [1.29, 1.82) is 0 Å². The summed E-state index contributed by atoms with van der Waals surface area (Å²) in [7, 11) is 5.86. The Kier molecular flexibility index (Phi) is 7.85. The predicted molar refractivity (Wildman–Crippen MR) is 102 cm³/mol. The van der Waals surface area contributed by atoms with Gasteiger partial charge in [-0.15, -0.1) is 0 Å². The van der Waals surface area contributed by atoms with Gasteiger partial charge in [-0.2, -0.15) is 0 Å². The molecule has 2 N–H and O–H groups in total. The molecule has 0 fully saturated rings. The summed E-state index contributed by atoms with van der Waals surface area (Å²) < 4.78 is 10.8. The minimum atomic E-state index is 0.516. The summed E-state index contributed by atoms with van der Waals surface area (Å²) in [6.07, 6.45) is 2.56. The molecule has 0 aliphatic rings. The van der Waals surface area contributed by atoms with E-state index in [1.807, 2.05) is 26.2 Å². The Bertz CT molecular complexity index is 639. The van der Waals surface area contributed by atoms with E-state index >= 15 is 0 Å². The highest BCUT2D eigenvalue weighted by molar-refractivity contribution is 5.79. The molecule has 0 spiro atoms. The smallest absolute Gasteiger partial charge is 0.191 e. The van der Waals surface area contributed by atoms with Crippen molar-refractivity contribution in [3.05, 3.63) is 54.0 Å². The number of guanidine groups is 1. The molecule has 0 amide bonds. The third kappa shape index (κ3) is 6.89. The number of nitrogens with one attached hydrogen (secondary N) is 2. The van der Waals surface area contributed by atoms with Gasteiger partial charge in [-0.1, -0.05) is 12.1 Å². The van der Waals surface area contributed by atoms with Crippen molar-refractivity contribution < 1.29 is 9.15 Å². The topological polar surface area (TPSA) is 62.0 Å². The van der Waals surface area contributed by atoms with E-state index in [4.69, 9.17) is 9.15 Å². The van der Waals surface area contributed by atoms with Crippen molar-refractivity contribution in [2.75, 3.05) is 39.2 Å². The summed E-state index contributed by atoms with van der Waals surface area (Å²) in [5.41, 5.74) is 2.41. The van der Waals surface area contributed by atoms with E-state index < -0.39 is 0 Å². The van der Waals surface area contributed by atoms with Gasteiger partial charge in [0.15, 0.2) is 5.96 Å². The molecule has 1 heterocycles. The van der Waals surface area contributed by atoms with Crippen molar-refractivity contribution in [2.45, 2.75) is 19.6 Å². The Labute approximate surface area is 149 Å². The van der Waals surface area contributed by atoms with Gasteiger partial charge >= 0.3 is 0 Å². The summed E-state index contributed by atoms with van der Waals surface area (Å²) in [4.78, 5) is 6.34. The van der Waals surface area contributed by atoms with Gasteiger partial charge in [0, 0.05) is 46.5 Å². The third-order valence-electron chi connectivity index (χ3n) is 3.69. The normalized spacial score (nSPS) is 11.4. The molecule has 0 saturated carbocycles. The van der Waals surface area contributed by atoms with Crippen LogP contribution in [0.2, 0.25) is 0 Å². The molecule has 6 heteroatoms. The van der Waals surface area contributed by atoms with Crippen LogP contribution < -0.4 is 15.5 Å². The van der Waals surface area contributed by atoms with Crippen molar-refractivity contribution in [2.24, 2.45) is 4.99 Å². The second-order valence-electron chi connectivity index (χ2n) is 5.90. The first-order chi connectivity index (χ1) is 12.2. The summed E-state index contributed by atoms with van der Waals surface area (Å²) in [6, 6.07) is 12.2. The maximum atomic E-state index is 5.56. The lowest BCUT2D eigenvalue weighted by atomic mass is 10.2. The van der Waals surface area contributed by atoms with Gasteiger partial charge in [0.2, 0.25) is 0 Å². The first-order valence-electron chi connectivity index (χ1n) is 8.50. The molecule has 0 unspecified atom stereocenters. The van der Waals surface area contributed by atoms with Gasteiger partial charge < -0.3 is 24.7 Å². The number of hydrogen-bond acceptors (Lipinski definition) is 4. The monoisotopic (exact) mass is 344 g/mol. The molecule has 2 rings (SSSR count). The van der Waals surface area contributed by atoms with Crippen LogP contribution in [-0.2, 0) is 17.9 Å². The minimum absolute atomic E-state index is 0.516. The highest BCUT2D eigenvalue weighted by Gasteiger charge is 2.01. The summed E-state index contributed by atoms with van der Waals surface area (Å²) in [5.74, 6) is 1.65.